The lowest BCUT2D eigenvalue weighted by Gasteiger charge is -2.05. The molecule has 1 aliphatic heterocycles. The van der Waals surface area contributed by atoms with Crippen molar-refractivity contribution in [3.8, 4) is 11.5 Å². The first-order valence-corrected chi connectivity index (χ1v) is 6.18. The lowest BCUT2D eigenvalue weighted by Crippen LogP contribution is -1.97. The molecule has 2 heterocycles. The minimum absolute atomic E-state index is 0.312. The minimum atomic E-state index is 0.312. The SMILES string of the molecule is c1ccc2c(c1)ncn2Cc1ccc2c(c1)OCO2. The summed E-state index contributed by atoms with van der Waals surface area (Å²) in [5, 5.41) is 0. The predicted molar refractivity (Wildman–Crippen MR) is 71.4 cm³/mol. The molecule has 4 nitrogen and oxygen atoms in total. The van der Waals surface area contributed by atoms with Gasteiger partial charge in [-0.2, -0.15) is 0 Å². The van der Waals surface area contributed by atoms with E-state index in [1.54, 1.807) is 0 Å². The van der Waals surface area contributed by atoms with E-state index in [2.05, 4.69) is 21.7 Å². The van der Waals surface area contributed by atoms with Crippen LogP contribution < -0.4 is 9.47 Å². The summed E-state index contributed by atoms with van der Waals surface area (Å²) in [5.74, 6) is 1.64. The Kier molecular flexibility index (Phi) is 2.21. The van der Waals surface area contributed by atoms with Gasteiger partial charge in [0.25, 0.3) is 0 Å². The van der Waals surface area contributed by atoms with Crippen molar-refractivity contribution in [3.63, 3.8) is 0 Å². The van der Waals surface area contributed by atoms with E-state index in [1.807, 2.05) is 36.7 Å². The number of para-hydroxylation sites is 2. The van der Waals surface area contributed by atoms with Crippen LogP contribution in [0.25, 0.3) is 11.0 Å². The number of hydrogen-bond donors (Lipinski definition) is 0. The van der Waals surface area contributed by atoms with Gasteiger partial charge in [-0.3, -0.25) is 0 Å². The maximum absolute atomic E-state index is 5.40. The standard InChI is InChI=1S/C15H12N2O2/c1-2-4-13-12(3-1)16-9-17(13)8-11-5-6-14-15(7-11)19-10-18-14/h1-7,9H,8,10H2. The third kappa shape index (κ3) is 1.73. The van der Waals surface area contributed by atoms with Crippen LogP contribution in [-0.4, -0.2) is 16.3 Å². The summed E-state index contributed by atoms with van der Waals surface area (Å²) >= 11 is 0. The van der Waals surface area contributed by atoms with Gasteiger partial charge >= 0.3 is 0 Å². The number of ether oxygens (including phenoxy) is 2. The minimum Gasteiger partial charge on any atom is -0.454 e. The number of hydrogen-bond acceptors (Lipinski definition) is 3. The second-order valence-electron chi connectivity index (χ2n) is 4.55. The van der Waals surface area contributed by atoms with Gasteiger partial charge in [-0.15, -0.1) is 0 Å². The highest BCUT2D eigenvalue weighted by Crippen LogP contribution is 2.32. The van der Waals surface area contributed by atoms with Gasteiger partial charge < -0.3 is 14.0 Å². The zero-order valence-electron chi connectivity index (χ0n) is 10.2. The van der Waals surface area contributed by atoms with E-state index in [0.717, 1.165) is 29.1 Å². The zero-order chi connectivity index (χ0) is 12.7. The summed E-state index contributed by atoms with van der Waals surface area (Å²) in [7, 11) is 0. The number of nitrogens with zero attached hydrogens (tertiary/aromatic N) is 2. The van der Waals surface area contributed by atoms with Crippen molar-refractivity contribution in [2.45, 2.75) is 6.54 Å². The Balaban J connectivity index is 1.71. The molecule has 1 aromatic heterocycles. The molecule has 0 bridgehead atoms. The number of rotatable bonds is 2. The summed E-state index contributed by atoms with van der Waals surface area (Å²) in [6.45, 7) is 1.09. The molecule has 0 N–H and O–H groups in total. The molecule has 0 fully saturated rings. The fourth-order valence-corrected chi connectivity index (χ4v) is 2.37. The van der Waals surface area contributed by atoms with Crippen LogP contribution in [-0.2, 0) is 6.54 Å². The highest BCUT2D eigenvalue weighted by Gasteiger charge is 2.13. The molecule has 0 spiro atoms. The van der Waals surface area contributed by atoms with Crippen LogP contribution in [0.1, 0.15) is 5.56 Å². The van der Waals surface area contributed by atoms with Gasteiger partial charge in [0.2, 0.25) is 6.79 Å². The molecule has 1 aliphatic rings. The van der Waals surface area contributed by atoms with Crippen molar-refractivity contribution in [3.05, 3.63) is 54.4 Å². The van der Waals surface area contributed by atoms with Gasteiger partial charge in [-0.25, -0.2) is 4.98 Å². The molecular formula is C15H12N2O2. The molecule has 94 valence electrons. The monoisotopic (exact) mass is 252 g/mol. The molecule has 3 aromatic rings. The van der Waals surface area contributed by atoms with E-state index in [0.29, 0.717) is 6.79 Å². The molecular weight excluding hydrogens is 240 g/mol. The Hall–Kier alpha value is -2.49. The van der Waals surface area contributed by atoms with Crippen molar-refractivity contribution in [2.75, 3.05) is 6.79 Å². The molecule has 2 aromatic carbocycles. The van der Waals surface area contributed by atoms with Gasteiger partial charge in [-0.1, -0.05) is 18.2 Å². The average molecular weight is 252 g/mol. The fraction of sp³-hybridized carbons (Fsp3) is 0.133. The van der Waals surface area contributed by atoms with Crippen molar-refractivity contribution in [2.24, 2.45) is 0 Å². The first-order chi connectivity index (χ1) is 9.40. The van der Waals surface area contributed by atoms with E-state index in [9.17, 15) is 0 Å². The normalized spacial score (nSPS) is 13.1. The van der Waals surface area contributed by atoms with Gasteiger partial charge in [-0.05, 0) is 29.8 Å². The summed E-state index contributed by atoms with van der Waals surface area (Å²) in [6.07, 6.45) is 1.87. The Morgan fingerprint density at radius 3 is 2.95 bits per heavy atom. The van der Waals surface area contributed by atoms with E-state index >= 15 is 0 Å². The summed E-state index contributed by atoms with van der Waals surface area (Å²) in [5.41, 5.74) is 3.33. The summed E-state index contributed by atoms with van der Waals surface area (Å²) in [6, 6.07) is 14.2. The fourth-order valence-electron chi connectivity index (χ4n) is 2.37. The van der Waals surface area contributed by atoms with E-state index in [-0.39, 0.29) is 0 Å². The molecule has 19 heavy (non-hydrogen) atoms. The van der Waals surface area contributed by atoms with Gasteiger partial charge in [0.15, 0.2) is 11.5 Å². The topological polar surface area (TPSA) is 36.3 Å². The van der Waals surface area contributed by atoms with E-state index < -0.39 is 0 Å². The molecule has 0 aliphatic carbocycles. The Morgan fingerprint density at radius 1 is 1.05 bits per heavy atom. The van der Waals surface area contributed by atoms with Crippen LogP contribution in [0.15, 0.2) is 48.8 Å². The van der Waals surface area contributed by atoms with E-state index in [1.165, 1.54) is 5.56 Å². The number of benzene rings is 2. The predicted octanol–water partition coefficient (Wildman–Crippen LogP) is 2.81. The van der Waals surface area contributed by atoms with Crippen LogP contribution in [0.2, 0.25) is 0 Å². The number of fused-ring (bicyclic) bond motifs is 2. The third-order valence-corrected chi connectivity index (χ3v) is 3.32. The maximum atomic E-state index is 5.40. The van der Waals surface area contributed by atoms with Crippen LogP contribution in [0.4, 0.5) is 0 Å². The Morgan fingerprint density at radius 2 is 1.95 bits per heavy atom. The van der Waals surface area contributed by atoms with Crippen molar-refractivity contribution >= 4 is 11.0 Å². The number of aromatic nitrogens is 2. The summed E-state index contributed by atoms with van der Waals surface area (Å²) < 4.78 is 12.8. The lowest BCUT2D eigenvalue weighted by molar-refractivity contribution is 0.174. The molecule has 0 amide bonds. The smallest absolute Gasteiger partial charge is 0.231 e. The van der Waals surface area contributed by atoms with Crippen LogP contribution >= 0.6 is 0 Å². The second kappa shape index (κ2) is 4.02. The van der Waals surface area contributed by atoms with Crippen LogP contribution in [0, 0.1) is 0 Å². The quantitative estimate of drug-likeness (QED) is 0.703. The van der Waals surface area contributed by atoms with Gasteiger partial charge in [0.1, 0.15) is 0 Å². The maximum Gasteiger partial charge on any atom is 0.231 e. The van der Waals surface area contributed by atoms with Crippen molar-refractivity contribution < 1.29 is 9.47 Å². The van der Waals surface area contributed by atoms with Gasteiger partial charge in [0.05, 0.1) is 17.4 Å². The zero-order valence-corrected chi connectivity index (χ0v) is 10.2. The molecule has 0 atom stereocenters. The third-order valence-electron chi connectivity index (χ3n) is 3.32. The first-order valence-electron chi connectivity index (χ1n) is 6.18. The van der Waals surface area contributed by atoms with Crippen LogP contribution in [0.5, 0.6) is 11.5 Å². The average Bonchev–Trinajstić information content (AvgIpc) is 3.06. The molecule has 0 unspecified atom stereocenters. The van der Waals surface area contributed by atoms with E-state index in [4.69, 9.17) is 9.47 Å². The molecule has 0 saturated heterocycles. The summed E-state index contributed by atoms with van der Waals surface area (Å²) in [4.78, 5) is 4.39. The Bertz CT molecular complexity index is 749. The highest BCUT2D eigenvalue weighted by molar-refractivity contribution is 5.75. The van der Waals surface area contributed by atoms with Crippen molar-refractivity contribution in [1.82, 2.24) is 9.55 Å². The first kappa shape index (κ1) is 10.4. The van der Waals surface area contributed by atoms with Crippen LogP contribution in [0.3, 0.4) is 0 Å². The molecule has 4 rings (SSSR count). The van der Waals surface area contributed by atoms with Crippen molar-refractivity contribution in [1.29, 1.82) is 0 Å². The number of imidazole rings is 1. The largest absolute Gasteiger partial charge is 0.454 e. The molecule has 0 radical (unpaired) electrons. The highest BCUT2D eigenvalue weighted by atomic mass is 16.7. The lowest BCUT2D eigenvalue weighted by atomic mass is 10.2. The second-order valence-corrected chi connectivity index (χ2v) is 4.55. The molecule has 4 heteroatoms. The molecule has 0 saturated carbocycles. The van der Waals surface area contributed by atoms with Gasteiger partial charge in [0, 0.05) is 6.54 Å². The Labute approximate surface area is 110 Å².